The van der Waals surface area contributed by atoms with E-state index in [1.807, 2.05) is 0 Å². The molecule has 1 aromatic carbocycles. The average molecular weight is 244 g/mol. The minimum atomic E-state index is 0.649. The zero-order valence-corrected chi connectivity index (χ0v) is 12.2. The summed E-state index contributed by atoms with van der Waals surface area (Å²) in [6.07, 6.45) is 2.19. The van der Waals surface area contributed by atoms with Crippen LogP contribution in [0.15, 0.2) is 18.2 Å². The standard InChI is InChI=1S/C16H24N2/c1-11(2)8-13-6-7-14-15(10-13)18(5)16(17-14)9-12(3)4/h6-7,10-12H,8-9H2,1-5H3. The van der Waals surface area contributed by atoms with Crippen molar-refractivity contribution in [2.75, 3.05) is 0 Å². The lowest BCUT2D eigenvalue weighted by molar-refractivity contribution is 0.606. The number of rotatable bonds is 4. The Balaban J connectivity index is 2.40. The van der Waals surface area contributed by atoms with Gasteiger partial charge in [0.1, 0.15) is 5.82 Å². The molecule has 2 aromatic rings. The number of hydrogen-bond donors (Lipinski definition) is 0. The summed E-state index contributed by atoms with van der Waals surface area (Å²) in [5, 5.41) is 0. The Morgan fingerprint density at radius 3 is 2.33 bits per heavy atom. The van der Waals surface area contributed by atoms with E-state index in [2.05, 4.69) is 57.5 Å². The molecule has 0 bridgehead atoms. The van der Waals surface area contributed by atoms with Gasteiger partial charge in [-0.25, -0.2) is 4.98 Å². The first-order valence-electron chi connectivity index (χ1n) is 6.91. The molecule has 1 heterocycles. The molecule has 0 saturated heterocycles. The maximum absolute atomic E-state index is 4.74. The van der Waals surface area contributed by atoms with Crippen LogP contribution in [0, 0.1) is 11.8 Å². The maximum atomic E-state index is 4.74. The molecule has 0 aliphatic heterocycles. The number of fused-ring (bicyclic) bond motifs is 1. The SMILES string of the molecule is CC(C)Cc1ccc2nc(CC(C)C)n(C)c2c1. The molecule has 98 valence electrons. The van der Waals surface area contributed by atoms with Crippen LogP contribution in [-0.4, -0.2) is 9.55 Å². The Labute approximate surface area is 110 Å². The van der Waals surface area contributed by atoms with Gasteiger partial charge in [0.15, 0.2) is 0 Å². The molecule has 0 N–H and O–H groups in total. The summed E-state index contributed by atoms with van der Waals surface area (Å²) in [5.41, 5.74) is 3.81. The zero-order valence-electron chi connectivity index (χ0n) is 12.2. The van der Waals surface area contributed by atoms with Crippen LogP contribution >= 0.6 is 0 Å². The van der Waals surface area contributed by atoms with Crippen molar-refractivity contribution in [1.82, 2.24) is 9.55 Å². The lowest BCUT2D eigenvalue weighted by atomic mass is 10.0. The molecule has 2 rings (SSSR count). The lowest BCUT2D eigenvalue weighted by Gasteiger charge is -2.06. The van der Waals surface area contributed by atoms with E-state index < -0.39 is 0 Å². The van der Waals surface area contributed by atoms with Crippen molar-refractivity contribution in [2.45, 2.75) is 40.5 Å². The van der Waals surface area contributed by atoms with Gasteiger partial charge in [-0.15, -0.1) is 0 Å². The van der Waals surface area contributed by atoms with Gasteiger partial charge in [-0.3, -0.25) is 0 Å². The van der Waals surface area contributed by atoms with Gasteiger partial charge in [0.05, 0.1) is 11.0 Å². The zero-order chi connectivity index (χ0) is 13.3. The van der Waals surface area contributed by atoms with Crippen LogP contribution in [0.25, 0.3) is 11.0 Å². The van der Waals surface area contributed by atoms with Crippen molar-refractivity contribution in [3.8, 4) is 0 Å². The number of hydrogen-bond acceptors (Lipinski definition) is 1. The summed E-state index contributed by atoms with van der Waals surface area (Å²) in [6, 6.07) is 6.68. The molecule has 0 aliphatic carbocycles. The molecule has 0 atom stereocenters. The molecular weight excluding hydrogens is 220 g/mol. The van der Waals surface area contributed by atoms with Gasteiger partial charge in [0, 0.05) is 13.5 Å². The van der Waals surface area contributed by atoms with E-state index in [1.165, 1.54) is 16.9 Å². The molecule has 0 radical (unpaired) electrons. The summed E-state index contributed by atoms with van der Waals surface area (Å²) >= 11 is 0. The molecule has 2 nitrogen and oxygen atoms in total. The van der Waals surface area contributed by atoms with Gasteiger partial charge in [0.2, 0.25) is 0 Å². The fourth-order valence-corrected chi connectivity index (χ4v) is 2.43. The first-order valence-corrected chi connectivity index (χ1v) is 6.91. The van der Waals surface area contributed by atoms with Gasteiger partial charge >= 0.3 is 0 Å². The second-order valence-electron chi connectivity index (χ2n) is 6.11. The van der Waals surface area contributed by atoms with Crippen molar-refractivity contribution < 1.29 is 0 Å². The van der Waals surface area contributed by atoms with Crippen LogP contribution in [0.1, 0.15) is 39.1 Å². The molecule has 0 spiro atoms. The number of imidazole rings is 1. The maximum Gasteiger partial charge on any atom is 0.109 e. The van der Waals surface area contributed by atoms with Crippen molar-refractivity contribution in [3.63, 3.8) is 0 Å². The van der Waals surface area contributed by atoms with Gasteiger partial charge in [-0.1, -0.05) is 33.8 Å². The minimum Gasteiger partial charge on any atom is -0.331 e. The quantitative estimate of drug-likeness (QED) is 0.795. The molecule has 2 heteroatoms. The Kier molecular flexibility index (Phi) is 3.74. The molecule has 0 saturated carbocycles. The van der Waals surface area contributed by atoms with Crippen LogP contribution in [-0.2, 0) is 19.9 Å². The van der Waals surface area contributed by atoms with Gasteiger partial charge < -0.3 is 4.57 Å². The smallest absolute Gasteiger partial charge is 0.109 e. The molecule has 18 heavy (non-hydrogen) atoms. The van der Waals surface area contributed by atoms with E-state index in [-0.39, 0.29) is 0 Å². The van der Waals surface area contributed by atoms with Gasteiger partial charge in [-0.05, 0) is 36.0 Å². The molecule has 1 aromatic heterocycles. The van der Waals surface area contributed by atoms with Crippen LogP contribution in [0.2, 0.25) is 0 Å². The fraction of sp³-hybridized carbons (Fsp3) is 0.562. The highest BCUT2D eigenvalue weighted by molar-refractivity contribution is 5.76. The lowest BCUT2D eigenvalue weighted by Crippen LogP contribution is -2.02. The molecule has 0 aliphatic rings. The first kappa shape index (κ1) is 13.1. The summed E-state index contributed by atoms with van der Waals surface area (Å²) in [5.74, 6) is 2.54. The monoisotopic (exact) mass is 244 g/mol. The highest BCUT2D eigenvalue weighted by Gasteiger charge is 2.10. The topological polar surface area (TPSA) is 17.8 Å². The summed E-state index contributed by atoms with van der Waals surface area (Å²) in [7, 11) is 2.13. The number of aryl methyl sites for hydroxylation is 1. The van der Waals surface area contributed by atoms with Crippen molar-refractivity contribution >= 4 is 11.0 Å². The third kappa shape index (κ3) is 2.74. The van der Waals surface area contributed by atoms with Crippen LogP contribution < -0.4 is 0 Å². The number of benzene rings is 1. The van der Waals surface area contributed by atoms with Gasteiger partial charge in [-0.2, -0.15) is 0 Å². The third-order valence-electron chi connectivity index (χ3n) is 3.27. The molecular formula is C16H24N2. The van der Waals surface area contributed by atoms with Crippen LogP contribution in [0.4, 0.5) is 0 Å². The Morgan fingerprint density at radius 1 is 1.06 bits per heavy atom. The first-order chi connectivity index (χ1) is 8.47. The van der Waals surface area contributed by atoms with E-state index in [0.717, 1.165) is 18.4 Å². The normalized spacial score (nSPS) is 11.9. The summed E-state index contributed by atoms with van der Waals surface area (Å²) in [4.78, 5) is 4.74. The highest BCUT2D eigenvalue weighted by Crippen LogP contribution is 2.20. The largest absolute Gasteiger partial charge is 0.331 e. The third-order valence-corrected chi connectivity index (χ3v) is 3.27. The number of nitrogens with zero attached hydrogens (tertiary/aromatic N) is 2. The van der Waals surface area contributed by atoms with Crippen LogP contribution in [0.3, 0.4) is 0 Å². The molecule has 0 unspecified atom stereocenters. The van der Waals surface area contributed by atoms with Gasteiger partial charge in [0.25, 0.3) is 0 Å². The predicted molar refractivity (Wildman–Crippen MR) is 77.8 cm³/mol. The van der Waals surface area contributed by atoms with E-state index in [4.69, 9.17) is 4.98 Å². The van der Waals surface area contributed by atoms with Crippen LogP contribution in [0.5, 0.6) is 0 Å². The van der Waals surface area contributed by atoms with Crippen molar-refractivity contribution in [1.29, 1.82) is 0 Å². The van der Waals surface area contributed by atoms with E-state index in [1.54, 1.807) is 0 Å². The average Bonchev–Trinajstić information content (AvgIpc) is 2.55. The Hall–Kier alpha value is -1.31. The highest BCUT2D eigenvalue weighted by atomic mass is 15.1. The predicted octanol–water partition coefficient (Wildman–Crippen LogP) is 3.97. The van der Waals surface area contributed by atoms with Crippen molar-refractivity contribution in [3.05, 3.63) is 29.6 Å². The summed E-state index contributed by atoms with van der Waals surface area (Å²) in [6.45, 7) is 9.00. The minimum absolute atomic E-state index is 0.649. The summed E-state index contributed by atoms with van der Waals surface area (Å²) < 4.78 is 2.25. The molecule has 0 fully saturated rings. The molecule has 0 amide bonds. The second kappa shape index (κ2) is 5.13. The van der Waals surface area contributed by atoms with E-state index in [9.17, 15) is 0 Å². The second-order valence-corrected chi connectivity index (χ2v) is 6.11. The van der Waals surface area contributed by atoms with E-state index >= 15 is 0 Å². The fourth-order valence-electron chi connectivity index (χ4n) is 2.43. The Bertz CT molecular complexity index is 535. The van der Waals surface area contributed by atoms with Crippen molar-refractivity contribution in [2.24, 2.45) is 18.9 Å². The Morgan fingerprint density at radius 2 is 1.72 bits per heavy atom. The van der Waals surface area contributed by atoms with E-state index in [0.29, 0.717) is 11.8 Å². The number of aromatic nitrogens is 2.